The van der Waals surface area contributed by atoms with Crippen molar-refractivity contribution in [1.29, 1.82) is 0 Å². The SMILES string of the molecule is C[C@@H](C(=O)Nc1ccc(Cl)cn1)N1CCN(S(=O)(=O)c2ccc(Cl)s2)CC1. The summed E-state index contributed by atoms with van der Waals surface area (Å²) >= 11 is 12.7. The topological polar surface area (TPSA) is 82.6 Å². The molecule has 1 aliphatic heterocycles. The molecule has 1 aliphatic rings. The van der Waals surface area contributed by atoms with E-state index < -0.39 is 16.1 Å². The molecule has 1 N–H and O–H groups in total. The molecular weight excluding hydrogens is 431 g/mol. The highest BCUT2D eigenvalue weighted by Gasteiger charge is 2.32. The second kappa shape index (κ2) is 8.42. The summed E-state index contributed by atoms with van der Waals surface area (Å²) in [5.74, 6) is 0.221. The number of carbonyl (C=O) groups excluding carboxylic acids is 1. The first kappa shape index (κ1) is 20.5. The van der Waals surface area contributed by atoms with Crippen LogP contribution in [0.4, 0.5) is 5.82 Å². The maximum absolute atomic E-state index is 12.6. The molecule has 0 aromatic carbocycles. The maximum Gasteiger partial charge on any atom is 0.252 e. The standard InChI is InChI=1S/C16H18Cl2N4O3S2/c1-11(16(23)20-14-4-2-12(17)10-19-14)21-6-8-22(9-7-21)27(24,25)15-5-3-13(18)26-15/h2-5,10-11H,6-9H2,1H3,(H,19,20,23)/t11-/m0/s1. The van der Waals surface area contributed by atoms with Crippen molar-refractivity contribution in [3.05, 3.63) is 39.8 Å². The third-order valence-corrected chi connectivity index (χ3v) is 8.14. The lowest BCUT2D eigenvalue weighted by Crippen LogP contribution is -2.53. The second-order valence-electron chi connectivity index (χ2n) is 6.03. The van der Waals surface area contributed by atoms with Gasteiger partial charge in [-0.05, 0) is 31.2 Å². The van der Waals surface area contributed by atoms with Crippen molar-refractivity contribution < 1.29 is 13.2 Å². The quantitative estimate of drug-likeness (QED) is 0.759. The molecule has 3 rings (SSSR count). The van der Waals surface area contributed by atoms with Gasteiger partial charge in [0.1, 0.15) is 10.0 Å². The highest BCUT2D eigenvalue weighted by atomic mass is 35.5. The molecule has 2 aromatic rings. The minimum Gasteiger partial charge on any atom is -0.309 e. The number of halogens is 2. The van der Waals surface area contributed by atoms with Crippen LogP contribution in [0.3, 0.4) is 0 Å². The first-order valence-electron chi connectivity index (χ1n) is 8.19. The predicted octanol–water partition coefficient (Wildman–Crippen LogP) is 2.78. The van der Waals surface area contributed by atoms with E-state index in [-0.39, 0.29) is 10.1 Å². The Bertz CT molecular complexity index is 910. The number of hydrogen-bond acceptors (Lipinski definition) is 6. The number of anilines is 1. The minimum atomic E-state index is -3.55. The summed E-state index contributed by atoms with van der Waals surface area (Å²) in [5, 5.41) is 3.23. The van der Waals surface area contributed by atoms with Crippen LogP contribution in [-0.2, 0) is 14.8 Å². The number of hydrogen-bond donors (Lipinski definition) is 1. The number of aromatic nitrogens is 1. The average Bonchev–Trinajstić information content (AvgIpc) is 3.10. The zero-order valence-electron chi connectivity index (χ0n) is 14.4. The van der Waals surface area contributed by atoms with Crippen LogP contribution < -0.4 is 5.32 Å². The Labute approximate surface area is 171 Å². The van der Waals surface area contributed by atoms with Crippen LogP contribution in [-0.4, -0.2) is 60.7 Å². The van der Waals surface area contributed by atoms with E-state index in [1.165, 1.54) is 16.6 Å². The second-order valence-corrected chi connectivity index (χ2v) is 10.3. The number of carbonyl (C=O) groups is 1. The van der Waals surface area contributed by atoms with Crippen LogP contribution in [0.5, 0.6) is 0 Å². The Hall–Kier alpha value is -1.23. The molecule has 0 unspecified atom stereocenters. The van der Waals surface area contributed by atoms with Crippen molar-refractivity contribution >= 4 is 56.3 Å². The number of pyridine rings is 1. The fourth-order valence-electron chi connectivity index (χ4n) is 2.74. The summed E-state index contributed by atoms with van der Waals surface area (Å²) in [4.78, 5) is 18.4. The molecular formula is C16H18Cl2N4O3S2. The van der Waals surface area contributed by atoms with Gasteiger partial charge in [-0.25, -0.2) is 13.4 Å². The van der Waals surface area contributed by atoms with Crippen molar-refractivity contribution in [2.24, 2.45) is 0 Å². The Morgan fingerprint density at radius 3 is 2.44 bits per heavy atom. The molecule has 0 saturated carbocycles. The van der Waals surface area contributed by atoms with Crippen LogP contribution in [0.15, 0.2) is 34.7 Å². The van der Waals surface area contributed by atoms with Gasteiger partial charge in [0.15, 0.2) is 0 Å². The van der Waals surface area contributed by atoms with Gasteiger partial charge in [-0.3, -0.25) is 9.69 Å². The van der Waals surface area contributed by atoms with E-state index in [0.29, 0.717) is 41.4 Å². The zero-order valence-corrected chi connectivity index (χ0v) is 17.6. The maximum atomic E-state index is 12.6. The molecule has 7 nitrogen and oxygen atoms in total. The van der Waals surface area contributed by atoms with Crippen molar-refractivity contribution in [2.75, 3.05) is 31.5 Å². The minimum absolute atomic E-state index is 0.203. The van der Waals surface area contributed by atoms with Crippen LogP contribution in [0, 0.1) is 0 Å². The van der Waals surface area contributed by atoms with Crippen molar-refractivity contribution in [3.8, 4) is 0 Å². The number of amides is 1. The van der Waals surface area contributed by atoms with E-state index in [0.717, 1.165) is 11.3 Å². The smallest absolute Gasteiger partial charge is 0.252 e. The van der Waals surface area contributed by atoms with Crippen LogP contribution >= 0.6 is 34.5 Å². The summed E-state index contributed by atoms with van der Waals surface area (Å²) in [6, 6.07) is 5.96. The molecule has 1 saturated heterocycles. The number of thiophene rings is 1. The molecule has 1 amide bonds. The zero-order chi connectivity index (χ0) is 19.6. The highest BCUT2D eigenvalue weighted by molar-refractivity contribution is 7.91. The van der Waals surface area contributed by atoms with Gasteiger partial charge in [-0.15, -0.1) is 11.3 Å². The van der Waals surface area contributed by atoms with E-state index in [4.69, 9.17) is 23.2 Å². The van der Waals surface area contributed by atoms with Gasteiger partial charge in [0.25, 0.3) is 10.0 Å². The molecule has 146 valence electrons. The lowest BCUT2D eigenvalue weighted by Gasteiger charge is -2.36. The molecule has 2 aromatic heterocycles. The van der Waals surface area contributed by atoms with Crippen molar-refractivity contribution in [2.45, 2.75) is 17.2 Å². The third kappa shape index (κ3) is 4.79. The molecule has 0 spiro atoms. The Morgan fingerprint density at radius 1 is 1.19 bits per heavy atom. The summed E-state index contributed by atoms with van der Waals surface area (Å²) in [7, 11) is -3.55. The summed E-state index contributed by atoms with van der Waals surface area (Å²) in [6.07, 6.45) is 1.46. The van der Waals surface area contributed by atoms with E-state index in [1.54, 1.807) is 25.1 Å². The van der Waals surface area contributed by atoms with Crippen LogP contribution in [0.2, 0.25) is 9.36 Å². The predicted molar refractivity (Wildman–Crippen MR) is 107 cm³/mol. The third-order valence-electron chi connectivity index (χ3n) is 4.32. The van der Waals surface area contributed by atoms with Gasteiger partial charge in [0, 0.05) is 32.4 Å². The lowest BCUT2D eigenvalue weighted by molar-refractivity contribution is -0.121. The first-order valence-corrected chi connectivity index (χ1v) is 11.2. The summed E-state index contributed by atoms with van der Waals surface area (Å²) < 4.78 is 27.4. The van der Waals surface area contributed by atoms with Gasteiger partial charge in [0.05, 0.1) is 15.4 Å². The summed E-state index contributed by atoms with van der Waals surface area (Å²) in [5.41, 5.74) is 0. The van der Waals surface area contributed by atoms with Crippen LogP contribution in [0.1, 0.15) is 6.92 Å². The monoisotopic (exact) mass is 448 g/mol. The number of rotatable bonds is 5. The molecule has 3 heterocycles. The number of piperazine rings is 1. The molecule has 0 radical (unpaired) electrons. The first-order chi connectivity index (χ1) is 12.8. The van der Waals surface area contributed by atoms with Crippen LogP contribution in [0.25, 0.3) is 0 Å². The fraction of sp³-hybridized carbons (Fsp3) is 0.375. The Balaban J connectivity index is 1.58. The van der Waals surface area contributed by atoms with E-state index in [9.17, 15) is 13.2 Å². The molecule has 1 fully saturated rings. The van der Waals surface area contributed by atoms with E-state index in [1.807, 2.05) is 4.90 Å². The Kier molecular flexibility index (Phi) is 6.39. The lowest BCUT2D eigenvalue weighted by atomic mass is 10.2. The molecule has 27 heavy (non-hydrogen) atoms. The fourth-order valence-corrected chi connectivity index (χ4v) is 5.91. The van der Waals surface area contributed by atoms with Crippen molar-refractivity contribution in [3.63, 3.8) is 0 Å². The molecule has 0 aliphatic carbocycles. The van der Waals surface area contributed by atoms with Gasteiger partial charge in [0.2, 0.25) is 5.91 Å². The average molecular weight is 449 g/mol. The molecule has 0 bridgehead atoms. The van der Waals surface area contributed by atoms with Gasteiger partial charge >= 0.3 is 0 Å². The van der Waals surface area contributed by atoms with E-state index in [2.05, 4.69) is 10.3 Å². The molecule has 11 heteroatoms. The molecule has 1 atom stereocenters. The van der Waals surface area contributed by atoms with E-state index >= 15 is 0 Å². The number of sulfonamides is 1. The highest BCUT2D eigenvalue weighted by Crippen LogP contribution is 2.28. The van der Waals surface area contributed by atoms with Gasteiger partial charge in [-0.1, -0.05) is 23.2 Å². The Morgan fingerprint density at radius 2 is 1.89 bits per heavy atom. The van der Waals surface area contributed by atoms with Gasteiger partial charge in [-0.2, -0.15) is 4.31 Å². The largest absolute Gasteiger partial charge is 0.309 e. The van der Waals surface area contributed by atoms with Crippen molar-refractivity contribution in [1.82, 2.24) is 14.2 Å². The van der Waals surface area contributed by atoms with Gasteiger partial charge < -0.3 is 5.32 Å². The number of nitrogens with zero attached hydrogens (tertiary/aromatic N) is 3. The number of nitrogens with one attached hydrogen (secondary N) is 1. The normalized spacial score (nSPS) is 17.6. The summed E-state index contributed by atoms with van der Waals surface area (Å²) in [6.45, 7) is 3.33.